The number of rotatable bonds is 5. The monoisotopic (exact) mass is 254 g/mol. The van der Waals surface area contributed by atoms with E-state index in [9.17, 15) is 9.59 Å². The number of aliphatic carboxylic acids is 1. The Labute approximate surface area is 105 Å². The Hall–Kier alpha value is -2.05. The van der Waals surface area contributed by atoms with Crippen LogP contribution in [0.25, 0.3) is 0 Å². The molecule has 0 aliphatic heterocycles. The number of hydrogen-bond acceptors (Lipinski definition) is 3. The van der Waals surface area contributed by atoms with Gasteiger partial charge in [0, 0.05) is 11.8 Å². The number of carbonyl (C=O) groups is 2. The summed E-state index contributed by atoms with van der Waals surface area (Å²) in [6.07, 6.45) is 3.57. The van der Waals surface area contributed by atoms with Crippen LogP contribution in [0.4, 0.5) is 4.79 Å². The lowest BCUT2D eigenvalue weighted by molar-refractivity contribution is -0.143. The summed E-state index contributed by atoms with van der Waals surface area (Å²) in [6.45, 7) is 4.96. The molecule has 18 heavy (non-hydrogen) atoms. The minimum absolute atomic E-state index is 0.251. The van der Waals surface area contributed by atoms with Crippen molar-refractivity contribution >= 4 is 12.0 Å². The van der Waals surface area contributed by atoms with E-state index in [1.807, 2.05) is 0 Å². The predicted molar refractivity (Wildman–Crippen MR) is 65.0 cm³/mol. The van der Waals surface area contributed by atoms with Crippen LogP contribution in [0.1, 0.15) is 38.8 Å². The highest BCUT2D eigenvalue weighted by Crippen LogP contribution is 2.11. The molecule has 0 radical (unpaired) electrons. The molecule has 2 unspecified atom stereocenters. The van der Waals surface area contributed by atoms with Crippen LogP contribution in [0.5, 0.6) is 0 Å². The SMILES string of the molecule is CCC(C)(NC(=O)NC(C)c1cn[nH]c1)C(=O)O. The van der Waals surface area contributed by atoms with E-state index < -0.39 is 17.5 Å². The zero-order valence-corrected chi connectivity index (χ0v) is 10.7. The molecule has 0 saturated carbocycles. The Kier molecular flexibility index (Phi) is 4.30. The van der Waals surface area contributed by atoms with E-state index in [-0.39, 0.29) is 6.04 Å². The normalized spacial score (nSPS) is 15.5. The zero-order chi connectivity index (χ0) is 13.8. The topological polar surface area (TPSA) is 107 Å². The van der Waals surface area contributed by atoms with Gasteiger partial charge in [-0.3, -0.25) is 5.10 Å². The standard InChI is InChI=1S/C11H18N4O3/c1-4-11(3,9(16)17)15-10(18)14-7(2)8-5-12-13-6-8/h5-7H,4H2,1-3H3,(H,12,13)(H,16,17)(H2,14,15,18). The van der Waals surface area contributed by atoms with Crippen molar-refractivity contribution in [3.05, 3.63) is 18.0 Å². The van der Waals surface area contributed by atoms with Crippen LogP contribution in [-0.2, 0) is 4.79 Å². The number of aromatic amines is 1. The fourth-order valence-electron chi connectivity index (χ4n) is 1.36. The van der Waals surface area contributed by atoms with Gasteiger partial charge in [0.25, 0.3) is 0 Å². The number of amides is 2. The van der Waals surface area contributed by atoms with Gasteiger partial charge in [-0.05, 0) is 20.3 Å². The molecule has 1 aromatic rings. The average Bonchev–Trinajstić information content (AvgIpc) is 2.81. The summed E-state index contributed by atoms with van der Waals surface area (Å²) in [5.74, 6) is -1.06. The second-order valence-electron chi connectivity index (χ2n) is 4.34. The molecule has 0 aliphatic rings. The fourth-order valence-corrected chi connectivity index (χ4v) is 1.36. The van der Waals surface area contributed by atoms with E-state index in [0.717, 1.165) is 5.56 Å². The lowest BCUT2D eigenvalue weighted by Crippen LogP contribution is -2.55. The van der Waals surface area contributed by atoms with Crippen molar-refractivity contribution in [2.45, 2.75) is 38.8 Å². The third-order valence-electron chi connectivity index (χ3n) is 2.94. The first kappa shape index (κ1) is 14.0. The van der Waals surface area contributed by atoms with Crippen molar-refractivity contribution in [3.8, 4) is 0 Å². The van der Waals surface area contributed by atoms with Gasteiger partial charge in [-0.25, -0.2) is 9.59 Å². The van der Waals surface area contributed by atoms with E-state index in [1.54, 1.807) is 26.2 Å². The third kappa shape index (κ3) is 3.22. The number of nitrogens with one attached hydrogen (secondary N) is 3. The van der Waals surface area contributed by atoms with Gasteiger partial charge in [-0.15, -0.1) is 0 Å². The smallest absolute Gasteiger partial charge is 0.329 e. The Morgan fingerprint density at radius 2 is 2.28 bits per heavy atom. The molecule has 0 fully saturated rings. The Balaban J connectivity index is 2.59. The van der Waals surface area contributed by atoms with Crippen LogP contribution in [0.2, 0.25) is 0 Å². The summed E-state index contributed by atoms with van der Waals surface area (Å²) in [7, 11) is 0. The summed E-state index contributed by atoms with van der Waals surface area (Å²) < 4.78 is 0. The molecule has 7 heteroatoms. The summed E-state index contributed by atoms with van der Waals surface area (Å²) in [4.78, 5) is 22.8. The molecular weight excluding hydrogens is 236 g/mol. The van der Waals surface area contributed by atoms with Crippen molar-refractivity contribution in [2.75, 3.05) is 0 Å². The summed E-state index contributed by atoms with van der Waals surface area (Å²) in [5, 5.41) is 20.6. The molecule has 7 nitrogen and oxygen atoms in total. The maximum atomic E-state index is 11.7. The molecule has 0 bridgehead atoms. The number of aromatic nitrogens is 2. The number of H-pyrrole nitrogens is 1. The number of carboxylic acid groups (broad SMARTS) is 1. The number of urea groups is 1. The largest absolute Gasteiger partial charge is 0.480 e. The van der Waals surface area contributed by atoms with Crippen molar-refractivity contribution in [1.29, 1.82) is 0 Å². The van der Waals surface area contributed by atoms with Gasteiger partial charge in [0.05, 0.1) is 12.2 Å². The Morgan fingerprint density at radius 1 is 1.61 bits per heavy atom. The van der Waals surface area contributed by atoms with Gasteiger partial charge in [0.1, 0.15) is 5.54 Å². The third-order valence-corrected chi connectivity index (χ3v) is 2.94. The number of hydrogen-bond donors (Lipinski definition) is 4. The maximum Gasteiger partial charge on any atom is 0.329 e. The van der Waals surface area contributed by atoms with E-state index in [4.69, 9.17) is 5.11 Å². The minimum Gasteiger partial charge on any atom is -0.480 e. The molecule has 1 rings (SSSR count). The molecule has 0 spiro atoms. The fraction of sp³-hybridized carbons (Fsp3) is 0.545. The molecule has 0 aliphatic carbocycles. The maximum absolute atomic E-state index is 11.7. The van der Waals surface area contributed by atoms with Gasteiger partial charge in [-0.1, -0.05) is 6.92 Å². The molecule has 1 heterocycles. The van der Waals surface area contributed by atoms with Gasteiger partial charge in [0.15, 0.2) is 0 Å². The van der Waals surface area contributed by atoms with Crippen molar-refractivity contribution in [2.24, 2.45) is 0 Å². The van der Waals surface area contributed by atoms with Crippen LogP contribution in [-0.4, -0.2) is 32.8 Å². The molecule has 4 N–H and O–H groups in total. The second kappa shape index (κ2) is 5.52. The van der Waals surface area contributed by atoms with Crippen LogP contribution >= 0.6 is 0 Å². The molecular formula is C11H18N4O3. The first-order valence-corrected chi connectivity index (χ1v) is 5.70. The first-order valence-electron chi connectivity index (χ1n) is 5.70. The highest BCUT2D eigenvalue weighted by Gasteiger charge is 2.33. The van der Waals surface area contributed by atoms with Gasteiger partial charge in [-0.2, -0.15) is 5.10 Å². The quantitative estimate of drug-likeness (QED) is 0.629. The Morgan fingerprint density at radius 3 is 2.72 bits per heavy atom. The van der Waals surface area contributed by atoms with Crippen molar-refractivity contribution in [1.82, 2.24) is 20.8 Å². The minimum atomic E-state index is -1.26. The lowest BCUT2D eigenvalue weighted by Gasteiger charge is -2.25. The van der Waals surface area contributed by atoms with Crippen molar-refractivity contribution in [3.63, 3.8) is 0 Å². The summed E-state index contributed by atoms with van der Waals surface area (Å²) >= 11 is 0. The van der Waals surface area contributed by atoms with Crippen LogP contribution in [0.3, 0.4) is 0 Å². The van der Waals surface area contributed by atoms with Gasteiger partial charge < -0.3 is 15.7 Å². The van der Waals surface area contributed by atoms with E-state index in [0.29, 0.717) is 6.42 Å². The second-order valence-corrected chi connectivity index (χ2v) is 4.34. The Bertz CT molecular complexity index is 418. The summed E-state index contributed by atoms with van der Waals surface area (Å²) in [6, 6.07) is -0.769. The number of carboxylic acids is 1. The molecule has 0 saturated heterocycles. The van der Waals surface area contributed by atoms with E-state index in [2.05, 4.69) is 20.8 Å². The van der Waals surface area contributed by atoms with Crippen LogP contribution in [0.15, 0.2) is 12.4 Å². The molecule has 0 aromatic carbocycles. The van der Waals surface area contributed by atoms with Crippen molar-refractivity contribution < 1.29 is 14.7 Å². The van der Waals surface area contributed by atoms with Gasteiger partial charge in [0.2, 0.25) is 0 Å². The lowest BCUT2D eigenvalue weighted by atomic mass is 10.00. The zero-order valence-electron chi connectivity index (χ0n) is 10.7. The highest BCUT2D eigenvalue weighted by atomic mass is 16.4. The van der Waals surface area contributed by atoms with Crippen LogP contribution < -0.4 is 10.6 Å². The highest BCUT2D eigenvalue weighted by molar-refractivity contribution is 5.85. The average molecular weight is 254 g/mol. The molecule has 100 valence electrons. The number of nitrogens with zero attached hydrogens (tertiary/aromatic N) is 1. The first-order chi connectivity index (χ1) is 8.39. The van der Waals surface area contributed by atoms with Crippen LogP contribution in [0, 0.1) is 0 Å². The number of carbonyl (C=O) groups excluding carboxylic acids is 1. The molecule has 2 atom stereocenters. The van der Waals surface area contributed by atoms with Gasteiger partial charge >= 0.3 is 12.0 Å². The molecule has 2 amide bonds. The van der Waals surface area contributed by atoms with E-state index in [1.165, 1.54) is 6.92 Å². The van der Waals surface area contributed by atoms with E-state index >= 15 is 0 Å². The summed E-state index contributed by atoms with van der Waals surface area (Å²) in [5.41, 5.74) is -0.445. The predicted octanol–water partition coefficient (Wildman–Crippen LogP) is 1.02. The molecule has 1 aromatic heterocycles.